The summed E-state index contributed by atoms with van der Waals surface area (Å²) in [6.45, 7) is 9.13. The maximum Gasteiger partial charge on any atom is 0.143 e. The van der Waals surface area contributed by atoms with Crippen LogP contribution in [0.5, 0.6) is 0 Å². The lowest BCUT2D eigenvalue weighted by Gasteiger charge is -2.40. The number of morpholine rings is 1. The lowest BCUT2D eigenvalue weighted by molar-refractivity contribution is 0.122. The maximum absolute atomic E-state index is 5.41. The number of anilines is 2. The molecule has 0 radical (unpaired) electrons. The van der Waals surface area contributed by atoms with Crippen molar-refractivity contribution in [2.24, 2.45) is 5.92 Å². The van der Waals surface area contributed by atoms with Crippen LogP contribution in [0.15, 0.2) is 16.7 Å². The minimum absolute atomic E-state index is 0.504. The Morgan fingerprint density at radius 2 is 2.04 bits per heavy atom. The van der Waals surface area contributed by atoms with Crippen LogP contribution in [0, 0.1) is 5.92 Å². The van der Waals surface area contributed by atoms with Gasteiger partial charge in [0.15, 0.2) is 0 Å². The van der Waals surface area contributed by atoms with Gasteiger partial charge in [-0.2, -0.15) is 0 Å². The van der Waals surface area contributed by atoms with E-state index in [0.717, 1.165) is 48.8 Å². The Balaban J connectivity index is 1.68. The fourth-order valence-electron chi connectivity index (χ4n) is 3.47. The first-order valence-corrected chi connectivity index (χ1v) is 9.29. The van der Waals surface area contributed by atoms with E-state index in [-0.39, 0.29) is 0 Å². The van der Waals surface area contributed by atoms with Gasteiger partial charge in [0.1, 0.15) is 5.82 Å². The van der Waals surface area contributed by atoms with Crippen molar-refractivity contribution in [2.75, 3.05) is 50.1 Å². The summed E-state index contributed by atoms with van der Waals surface area (Å²) in [5, 5.41) is 3.69. The van der Waals surface area contributed by atoms with Crippen LogP contribution in [0.1, 0.15) is 20.3 Å². The highest BCUT2D eigenvalue weighted by atomic mass is 79.9. The average molecular weight is 383 g/mol. The molecule has 0 amide bonds. The van der Waals surface area contributed by atoms with E-state index in [1.807, 2.05) is 6.20 Å². The molecule has 2 aliphatic rings. The Labute approximate surface area is 147 Å². The van der Waals surface area contributed by atoms with Gasteiger partial charge in [0.25, 0.3) is 0 Å². The Bertz CT molecular complexity index is 535. The van der Waals surface area contributed by atoms with Crippen molar-refractivity contribution in [3.8, 4) is 0 Å². The first-order valence-electron chi connectivity index (χ1n) is 8.49. The van der Waals surface area contributed by atoms with Crippen molar-refractivity contribution < 1.29 is 4.74 Å². The summed E-state index contributed by atoms with van der Waals surface area (Å²) in [4.78, 5) is 9.40. The molecular weight excluding hydrogens is 356 g/mol. The SMILES string of the molecule is CC1CN(C)C(C)CC1Nc1cnc(N2CCOCC2)c(Br)c1. The van der Waals surface area contributed by atoms with Gasteiger partial charge in [-0.1, -0.05) is 6.92 Å². The molecule has 128 valence electrons. The van der Waals surface area contributed by atoms with Gasteiger partial charge in [-0.15, -0.1) is 0 Å². The zero-order chi connectivity index (χ0) is 16.4. The zero-order valence-electron chi connectivity index (χ0n) is 14.3. The standard InChI is InChI=1S/C17H27BrN4O/c1-12-11-21(3)13(2)8-16(12)20-14-9-15(18)17(19-10-14)22-4-6-23-7-5-22/h9-10,12-13,16,20H,4-8,11H2,1-3H3. The number of halogens is 1. The smallest absolute Gasteiger partial charge is 0.143 e. The lowest BCUT2D eigenvalue weighted by atomic mass is 9.90. The Kier molecular flexibility index (Phi) is 5.44. The monoisotopic (exact) mass is 382 g/mol. The van der Waals surface area contributed by atoms with E-state index >= 15 is 0 Å². The van der Waals surface area contributed by atoms with Crippen molar-refractivity contribution in [2.45, 2.75) is 32.4 Å². The van der Waals surface area contributed by atoms with Crippen LogP contribution < -0.4 is 10.2 Å². The van der Waals surface area contributed by atoms with E-state index in [1.54, 1.807) is 0 Å². The Morgan fingerprint density at radius 3 is 2.74 bits per heavy atom. The summed E-state index contributed by atoms with van der Waals surface area (Å²) in [6.07, 6.45) is 3.13. The first kappa shape index (κ1) is 17.0. The molecule has 23 heavy (non-hydrogen) atoms. The molecule has 5 nitrogen and oxygen atoms in total. The molecule has 6 heteroatoms. The summed E-state index contributed by atoms with van der Waals surface area (Å²) in [6, 6.07) is 3.28. The molecule has 1 N–H and O–H groups in total. The van der Waals surface area contributed by atoms with Crippen molar-refractivity contribution in [3.05, 3.63) is 16.7 Å². The zero-order valence-corrected chi connectivity index (χ0v) is 15.8. The predicted molar refractivity (Wildman–Crippen MR) is 98.3 cm³/mol. The van der Waals surface area contributed by atoms with Gasteiger partial charge in [-0.3, -0.25) is 0 Å². The molecule has 2 saturated heterocycles. The highest BCUT2D eigenvalue weighted by Crippen LogP contribution is 2.29. The van der Waals surface area contributed by atoms with Gasteiger partial charge >= 0.3 is 0 Å². The van der Waals surface area contributed by atoms with Crippen molar-refractivity contribution in [1.82, 2.24) is 9.88 Å². The summed E-state index contributed by atoms with van der Waals surface area (Å²) >= 11 is 3.69. The molecular formula is C17H27BrN4O. The van der Waals surface area contributed by atoms with E-state index in [2.05, 4.69) is 63.0 Å². The second-order valence-electron chi connectivity index (χ2n) is 6.88. The van der Waals surface area contributed by atoms with Crippen LogP contribution in [0.25, 0.3) is 0 Å². The largest absolute Gasteiger partial charge is 0.381 e. The molecule has 0 aromatic carbocycles. The number of hydrogen-bond acceptors (Lipinski definition) is 5. The quantitative estimate of drug-likeness (QED) is 0.870. The minimum Gasteiger partial charge on any atom is -0.381 e. The maximum atomic E-state index is 5.41. The second-order valence-corrected chi connectivity index (χ2v) is 7.74. The van der Waals surface area contributed by atoms with E-state index in [1.165, 1.54) is 6.42 Å². The van der Waals surface area contributed by atoms with Crippen LogP contribution in [-0.2, 0) is 4.74 Å². The van der Waals surface area contributed by atoms with Crippen LogP contribution >= 0.6 is 15.9 Å². The number of likely N-dealkylation sites (tertiary alicyclic amines) is 1. The molecule has 3 unspecified atom stereocenters. The van der Waals surface area contributed by atoms with Crippen LogP contribution in [0.2, 0.25) is 0 Å². The van der Waals surface area contributed by atoms with E-state index in [9.17, 15) is 0 Å². The third kappa shape index (κ3) is 3.98. The fourth-order valence-corrected chi connectivity index (χ4v) is 4.07. The van der Waals surface area contributed by atoms with Crippen molar-refractivity contribution in [1.29, 1.82) is 0 Å². The molecule has 1 aromatic rings. The number of nitrogens with zero attached hydrogens (tertiary/aromatic N) is 3. The van der Waals surface area contributed by atoms with Gasteiger partial charge < -0.3 is 19.9 Å². The van der Waals surface area contributed by atoms with Crippen molar-refractivity contribution in [3.63, 3.8) is 0 Å². The Hall–Kier alpha value is -0.850. The predicted octanol–water partition coefficient (Wildman–Crippen LogP) is 2.82. The molecule has 3 rings (SSSR count). The number of piperidine rings is 1. The number of aromatic nitrogens is 1. The van der Waals surface area contributed by atoms with Gasteiger partial charge in [-0.25, -0.2) is 4.98 Å². The average Bonchev–Trinajstić information content (AvgIpc) is 2.53. The number of nitrogens with one attached hydrogen (secondary N) is 1. The van der Waals surface area contributed by atoms with E-state index in [0.29, 0.717) is 18.0 Å². The molecule has 2 fully saturated rings. The van der Waals surface area contributed by atoms with Crippen LogP contribution in [-0.4, -0.2) is 61.9 Å². The number of hydrogen-bond donors (Lipinski definition) is 1. The minimum atomic E-state index is 0.504. The first-order chi connectivity index (χ1) is 11.0. The van der Waals surface area contributed by atoms with Crippen LogP contribution in [0.4, 0.5) is 11.5 Å². The Morgan fingerprint density at radius 1 is 1.30 bits per heavy atom. The molecule has 0 spiro atoms. The second kappa shape index (κ2) is 7.36. The molecule has 2 aliphatic heterocycles. The van der Waals surface area contributed by atoms with E-state index in [4.69, 9.17) is 4.74 Å². The number of ether oxygens (including phenoxy) is 1. The molecule has 0 aliphatic carbocycles. The molecule has 3 atom stereocenters. The van der Waals surface area contributed by atoms with Gasteiger partial charge in [-0.05, 0) is 48.3 Å². The lowest BCUT2D eigenvalue weighted by Crippen LogP contribution is -2.48. The fraction of sp³-hybridized carbons (Fsp3) is 0.706. The summed E-state index contributed by atoms with van der Waals surface area (Å²) in [5.41, 5.74) is 1.10. The molecule has 0 saturated carbocycles. The molecule has 0 bridgehead atoms. The number of rotatable bonds is 3. The highest BCUT2D eigenvalue weighted by molar-refractivity contribution is 9.10. The van der Waals surface area contributed by atoms with Crippen molar-refractivity contribution >= 4 is 27.4 Å². The van der Waals surface area contributed by atoms with Crippen LogP contribution in [0.3, 0.4) is 0 Å². The van der Waals surface area contributed by atoms with E-state index < -0.39 is 0 Å². The summed E-state index contributed by atoms with van der Waals surface area (Å²) < 4.78 is 6.47. The topological polar surface area (TPSA) is 40.6 Å². The molecule has 1 aromatic heterocycles. The highest BCUT2D eigenvalue weighted by Gasteiger charge is 2.29. The number of pyridine rings is 1. The van der Waals surface area contributed by atoms with Gasteiger partial charge in [0.2, 0.25) is 0 Å². The summed E-state index contributed by atoms with van der Waals surface area (Å²) in [7, 11) is 2.21. The van der Waals surface area contributed by atoms with Gasteiger partial charge in [0, 0.05) is 31.7 Å². The third-order valence-electron chi connectivity index (χ3n) is 5.09. The molecule has 3 heterocycles. The third-order valence-corrected chi connectivity index (χ3v) is 5.68. The normalized spacial score (nSPS) is 29.6. The van der Waals surface area contributed by atoms with Gasteiger partial charge in [0.05, 0.1) is 29.6 Å². The summed E-state index contributed by atoms with van der Waals surface area (Å²) in [5.74, 6) is 1.65.